The molecule has 3 rings (SSSR count). The molecule has 4 nitrogen and oxygen atoms in total. The topological polar surface area (TPSA) is 48.7 Å². The lowest BCUT2D eigenvalue weighted by atomic mass is 10.1. The third-order valence-electron chi connectivity index (χ3n) is 4.35. The van der Waals surface area contributed by atoms with Gasteiger partial charge in [-0.15, -0.1) is 0 Å². The number of ether oxygens (including phenoxy) is 2. The van der Waals surface area contributed by atoms with Crippen LogP contribution in [0.25, 0.3) is 16.8 Å². The first-order chi connectivity index (χ1) is 14.3. The first kappa shape index (κ1) is 21.6. The second-order valence-corrected chi connectivity index (χ2v) is 6.41. The van der Waals surface area contributed by atoms with Crippen LogP contribution >= 0.6 is 0 Å². The van der Waals surface area contributed by atoms with Gasteiger partial charge in [-0.3, -0.25) is 0 Å². The van der Waals surface area contributed by atoms with Crippen LogP contribution in [0.2, 0.25) is 0 Å². The number of rotatable bonds is 7. The van der Waals surface area contributed by atoms with Crippen LogP contribution < -0.4 is 10.4 Å². The molecule has 0 spiro atoms. The Kier molecular flexibility index (Phi) is 6.26. The highest BCUT2D eigenvalue weighted by atomic mass is 19.3. The van der Waals surface area contributed by atoms with Crippen molar-refractivity contribution in [3.8, 4) is 5.75 Å². The molecule has 8 heteroatoms. The fourth-order valence-electron chi connectivity index (χ4n) is 2.87. The second-order valence-electron chi connectivity index (χ2n) is 6.41. The molecule has 1 aromatic heterocycles. The van der Waals surface area contributed by atoms with Crippen molar-refractivity contribution in [3.05, 3.63) is 81.4 Å². The summed E-state index contributed by atoms with van der Waals surface area (Å²) >= 11 is 0. The van der Waals surface area contributed by atoms with Gasteiger partial charge in [0, 0.05) is 13.5 Å². The average molecular weight is 422 g/mol. The lowest BCUT2D eigenvalue weighted by Crippen LogP contribution is -2.24. The van der Waals surface area contributed by atoms with Crippen LogP contribution in [0.15, 0.2) is 51.7 Å². The summed E-state index contributed by atoms with van der Waals surface area (Å²) in [4.78, 5) is 12.0. The van der Waals surface area contributed by atoms with Crippen LogP contribution in [0.5, 0.6) is 5.75 Å². The minimum absolute atomic E-state index is 0.189. The molecule has 158 valence electrons. The van der Waals surface area contributed by atoms with Crippen molar-refractivity contribution >= 4 is 16.8 Å². The molecule has 0 bridgehead atoms. The molecule has 0 atom stereocenters. The molecule has 0 unspecified atom stereocenters. The lowest BCUT2D eigenvalue weighted by Gasteiger charge is -2.19. The van der Waals surface area contributed by atoms with Gasteiger partial charge in [-0.2, -0.15) is 8.78 Å². The van der Waals surface area contributed by atoms with Gasteiger partial charge in [-0.05, 0) is 35.2 Å². The Hall–Kier alpha value is -3.13. The molecule has 1 heterocycles. The summed E-state index contributed by atoms with van der Waals surface area (Å²) in [7, 11) is 1.48. The number of hydrogen-bond donors (Lipinski definition) is 0. The predicted molar refractivity (Wildman–Crippen MR) is 104 cm³/mol. The number of aryl methyl sites for hydroxylation is 1. The quantitative estimate of drug-likeness (QED) is 0.477. The smallest absolute Gasteiger partial charge is 0.427 e. The van der Waals surface area contributed by atoms with E-state index >= 15 is 0 Å². The summed E-state index contributed by atoms with van der Waals surface area (Å²) in [5, 5.41) is -0.325. The average Bonchev–Trinajstić information content (AvgIpc) is 2.69. The van der Waals surface area contributed by atoms with E-state index in [0.29, 0.717) is 17.7 Å². The molecule has 0 aliphatic heterocycles. The monoisotopic (exact) mass is 422 g/mol. The van der Waals surface area contributed by atoms with E-state index in [1.807, 2.05) is 0 Å². The van der Waals surface area contributed by atoms with Gasteiger partial charge in [0.05, 0.1) is 12.2 Å². The summed E-state index contributed by atoms with van der Waals surface area (Å²) in [6.07, 6.45) is -0.693. The van der Waals surface area contributed by atoms with E-state index in [9.17, 15) is 22.4 Å². The highest BCUT2D eigenvalue weighted by molar-refractivity contribution is 5.83. The van der Waals surface area contributed by atoms with E-state index < -0.39 is 40.1 Å². The molecule has 0 fully saturated rings. The van der Waals surface area contributed by atoms with Gasteiger partial charge in [0.2, 0.25) is 0 Å². The molecule has 30 heavy (non-hydrogen) atoms. The third-order valence-corrected chi connectivity index (χ3v) is 4.35. The van der Waals surface area contributed by atoms with Crippen molar-refractivity contribution in [1.29, 1.82) is 0 Å². The maximum atomic E-state index is 14.7. The molecule has 0 aliphatic rings. The third kappa shape index (κ3) is 4.38. The van der Waals surface area contributed by atoms with E-state index in [1.54, 1.807) is 13.0 Å². The zero-order valence-electron chi connectivity index (χ0n) is 16.2. The number of hydrogen-bond acceptors (Lipinski definition) is 4. The molecule has 0 amide bonds. The molecular weight excluding hydrogens is 404 g/mol. The number of alkyl halides is 2. The summed E-state index contributed by atoms with van der Waals surface area (Å²) in [6, 6.07) is 6.68. The van der Waals surface area contributed by atoms with E-state index in [1.165, 1.54) is 31.4 Å². The van der Waals surface area contributed by atoms with Gasteiger partial charge in [0.1, 0.15) is 17.0 Å². The summed E-state index contributed by atoms with van der Waals surface area (Å²) < 4.78 is 72.4. The normalized spacial score (nSPS) is 12.1. The molecule has 2 aromatic carbocycles. The fourth-order valence-corrected chi connectivity index (χ4v) is 2.87. The van der Waals surface area contributed by atoms with Crippen LogP contribution in [0.4, 0.5) is 17.6 Å². The molecule has 0 saturated heterocycles. The van der Waals surface area contributed by atoms with Crippen LogP contribution in [-0.2, 0) is 17.3 Å². The highest BCUT2D eigenvalue weighted by Gasteiger charge is 2.38. The Morgan fingerprint density at radius 2 is 1.90 bits per heavy atom. The maximum absolute atomic E-state index is 14.7. The van der Waals surface area contributed by atoms with E-state index in [2.05, 4.69) is 4.74 Å². The zero-order chi connectivity index (χ0) is 21.9. The van der Waals surface area contributed by atoms with Crippen molar-refractivity contribution in [2.45, 2.75) is 19.5 Å². The van der Waals surface area contributed by atoms with Crippen LogP contribution in [-0.4, -0.2) is 13.7 Å². The number of benzene rings is 2. The minimum atomic E-state index is -4.18. The number of fused-ring (bicyclic) bond motifs is 1. The van der Waals surface area contributed by atoms with Crippen LogP contribution in [0, 0.1) is 11.6 Å². The first-order valence-electron chi connectivity index (χ1n) is 9.04. The predicted octanol–water partition coefficient (Wildman–Crippen LogP) is 5.42. The number of methoxy groups -OCH3 is 1. The molecular formula is C22H18F4O4. The van der Waals surface area contributed by atoms with Gasteiger partial charge in [0.25, 0.3) is 0 Å². The van der Waals surface area contributed by atoms with Gasteiger partial charge in [-0.25, -0.2) is 13.6 Å². The SMILES string of the molecule is CCc1cc2ccc(OC(F)(F)c3ccc(/C=C/COC)cc3F)c(F)c2c(=O)o1. The molecule has 0 aliphatic carbocycles. The fraction of sp³-hybridized carbons (Fsp3) is 0.227. The summed E-state index contributed by atoms with van der Waals surface area (Å²) in [5.41, 5.74) is -1.74. The zero-order valence-corrected chi connectivity index (χ0v) is 16.2. The Morgan fingerprint density at radius 3 is 2.57 bits per heavy atom. The van der Waals surface area contributed by atoms with Gasteiger partial charge in [0.15, 0.2) is 11.6 Å². The Labute approximate surface area is 169 Å². The molecule has 3 aromatic rings. The van der Waals surface area contributed by atoms with Gasteiger partial charge >= 0.3 is 11.7 Å². The van der Waals surface area contributed by atoms with Crippen molar-refractivity contribution < 1.29 is 31.5 Å². The maximum Gasteiger partial charge on any atom is 0.429 e. The standard InChI is InChI=1S/C22H18F4O4/c1-3-15-12-14-7-9-18(20(24)19(14)21(27)29-15)30-22(25,26)16-8-6-13(11-17(16)23)5-4-10-28-2/h4-9,11-12H,3,10H2,1-2H3/b5-4+. The van der Waals surface area contributed by atoms with Crippen molar-refractivity contribution in [3.63, 3.8) is 0 Å². The Balaban J connectivity index is 1.95. The highest BCUT2D eigenvalue weighted by Crippen LogP contribution is 2.36. The van der Waals surface area contributed by atoms with Crippen molar-refractivity contribution in [1.82, 2.24) is 0 Å². The van der Waals surface area contributed by atoms with Crippen LogP contribution in [0.1, 0.15) is 23.8 Å². The lowest BCUT2D eigenvalue weighted by molar-refractivity contribution is -0.188. The molecule has 0 N–H and O–H groups in total. The van der Waals surface area contributed by atoms with Gasteiger partial charge in [-0.1, -0.05) is 31.2 Å². The first-order valence-corrected chi connectivity index (χ1v) is 9.04. The molecule has 0 radical (unpaired) electrons. The summed E-state index contributed by atoms with van der Waals surface area (Å²) in [6.45, 7) is 2.02. The second kappa shape index (κ2) is 8.71. The minimum Gasteiger partial charge on any atom is -0.427 e. The van der Waals surface area contributed by atoms with Crippen molar-refractivity contribution in [2.24, 2.45) is 0 Å². The van der Waals surface area contributed by atoms with Gasteiger partial charge < -0.3 is 13.9 Å². The van der Waals surface area contributed by atoms with E-state index in [-0.39, 0.29) is 12.0 Å². The number of halogens is 4. The summed E-state index contributed by atoms with van der Waals surface area (Å²) in [5.74, 6) is -3.10. The molecule has 0 saturated carbocycles. The van der Waals surface area contributed by atoms with Crippen LogP contribution in [0.3, 0.4) is 0 Å². The Morgan fingerprint density at radius 1 is 1.13 bits per heavy atom. The van der Waals surface area contributed by atoms with E-state index in [0.717, 1.165) is 18.2 Å². The Bertz CT molecular complexity index is 1150. The van der Waals surface area contributed by atoms with E-state index in [4.69, 9.17) is 9.15 Å². The largest absolute Gasteiger partial charge is 0.429 e. The van der Waals surface area contributed by atoms with Crippen molar-refractivity contribution in [2.75, 3.05) is 13.7 Å².